The fourth-order valence-corrected chi connectivity index (χ4v) is 3.29. The van der Waals surface area contributed by atoms with E-state index in [4.69, 9.17) is 4.74 Å². The summed E-state index contributed by atoms with van der Waals surface area (Å²) in [6, 6.07) is 0. The van der Waals surface area contributed by atoms with Crippen LogP contribution in [0.3, 0.4) is 0 Å². The van der Waals surface area contributed by atoms with E-state index in [0.717, 1.165) is 43.1 Å². The average molecular weight is 279 g/mol. The molecular formula is C13H17N3O2S. The number of piperidine rings is 1. The van der Waals surface area contributed by atoms with Gasteiger partial charge in [-0.05, 0) is 25.9 Å². The molecule has 2 aromatic heterocycles. The number of hydrogen-bond donors (Lipinski definition) is 0. The standard InChI is InChI=1S/C13H17N3O2S/c1-18-12(17)10-2-4-15(5-3-10)8-11-9-16-6-7-19-13(16)14-11/h6-7,9-10H,2-5,8H2,1H3. The van der Waals surface area contributed by atoms with Crippen LogP contribution in [-0.4, -0.2) is 40.5 Å². The molecule has 0 N–H and O–H groups in total. The number of hydrogen-bond acceptors (Lipinski definition) is 5. The molecule has 0 bridgehead atoms. The van der Waals surface area contributed by atoms with Gasteiger partial charge >= 0.3 is 5.97 Å². The number of nitrogens with zero attached hydrogens (tertiary/aromatic N) is 3. The number of likely N-dealkylation sites (tertiary alicyclic amines) is 1. The van der Waals surface area contributed by atoms with Crippen LogP contribution in [0.5, 0.6) is 0 Å². The van der Waals surface area contributed by atoms with Crippen molar-refractivity contribution in [3.8, 4) is 0 Å². The fraction of sp³-hybridized carbons (Fsp3) is 0.538. The van der Waals surface area contributed by atoms with Gasteiger partial charge in [-0.3, -0.25) is 14.1 Å². The van der Waals surface area contributed by atoms with Gasteiger partial charge in [0.05, 0.1) is 18.7 Å². The van der Waals surface area contributed by atoms with E-state index >= 15 is 0 Å². The second kappa shape index (κ2) is 5.30. The molecule has 3 rings (SSSR count). The van der Waals surface area contributed by atoms with E-state index < -0.39 is 0 Å². The van der Waals surface area contributed by atoms with Gasteiger partial charge < -0.3 is 4.74 Å². The summed E-state index contributed by atoms with van der Waals surface area (Å²) in [5.74, 6) is 0.00824. The van der Waals surface area contributed by atoms with Crippen LogP contribution in [0.1, 0.15) is 18.5 Å². The van der Waals surface area contributed by atoms with Gasteiger partial charge in [-0.25, -0.2) is 4.98 Å². The van der Waals surface area contributed by atoms with Crippen LogP contribution in [0.15, 0.2) is 17.8 Å². The normalized spacial score (nSPS) is 17.9. The number of ether oxygens (including phenoxy) is 1. The second-order valence-electron chi connectivity index (χ2n) is 4.90. The Balaban J connectivity index is 1.57. The molecule has 0 radical (unpaired) electrons. The number of carbonyl (C=O) groups excluding carboxylic acids is 1. The number of esters is 1. The molecule has 0 unspecified atom stereocenters. The monoisotopic (exact) mass is 279 g/mol. The second-order valence-corrected chi connectivity index (χ2v) is 5.77. The summed E-state index contributed by atoms with van der Waals surface area (Å²) in [5, 5.41) is 2.04. The van der Waals surface area contributed by atoms with Crippen molar-refractivity contribution in [1.82, 2.24) is 14.3 Å². The first-order chi connectivity index (χ1) is 9.26. The average Bonchev–Trinajstić information content (AvgIpc) is 2.99. The summed E-state index contributed by atoms with van der Waals surface area (Å²) in [7, 11) is 1.46. The van der Waals surface area contributed by atoms with E-state index in [-0.39, 0.29) is 11.9 Å². The topological polar surface area (TPSA) is 46.8 Å². The Bertz CT molecular complexity index is 541. The van der Waals surface area contributed by atoms with Crippen LogP contribution in [0.25, 0.3) is 4.96 Å². The minimum Gasteiger partial charge on any atom is -0.469 e. The summed E-state index contributed by atoms with van der Waals surface area (Å²) >= 11 is 1.65. The zero-order valence-corrected chi connectivity index (χ0v) is 11.7. The molecule has 19 heavy (non-hydrogen) atoms. The third-order valence-corrected chi connectivity index (χ3v) is 4.42. The molecule has 0 aromatic carbocycles. The molecule has 1 fully saturated rings. The Morgan fingerprint density at radius 1 is 1.53 bits per heavy atom. The quantitative estimate of drug-likeness (QED) is 0.804. The third kappa shape index (κ3) is 2.64. The summed E-state index contributed by atoms with van der Waals surface area (Å²) < 4.78 is 6.86. The van der Waals surface area contributed by atoms with Gasteiger partial charge in [-0.15, -0.1) is 11.3 Å². The number of rotatable bonds is 3. The van der Waals surface area contributed by atoms with Crippen molar-refractivity contribution < 1.29 is 9.53 Å². The molecule has 0 saturated carbocycles. The maximum Gasteiger partial charge on any atom is 0.308 e. The summed E-state index contributed by atoms with van der Waals surface area (Å²) in [5.41, 5.74) is 1.10. The Morgan fingerprint density at radius 2 is 2.32 bits per heavy atom. The number of thiazole rings is 1. The number of carbonyl (C=O) groups is 1. The first-order valence-electron chi connectivity index (χ1n) is 6.47. The third-order valence-electron chi connectivity index (χ3n) is 3.65. The van der Waals surface area contributed by atoms with E-state index in [1.165, 1.54) is 7.11 Å². The highest BCUT2D eigenvalue weighted by atomic mass is 32.1. The van der Waals surface area contributed by atoms with Crippen LogP contribution < -0.4 is 0 Å². The Morgan fingerprint density at radius 3 is 3.00 bits per heavy atom. The van der Waals surface area contributed by atoms with Gasteiger partial charge in [0.2, 0.25) is 0 Å². The van der Waals surface area contributed by atoms with Crippen LogP contribution in [0, 0.1) is 5.92 Å². The van der Waals surface area contributed by atoms with Crippen molar-refractivity contribution in [3.63, 3.8) is 0 Å². The largest absolute Gasteiger partial charge is 0.469 e. The van der Waals surface area contributed by atoms with Crippen molar-refractivity contribution in [3.05, 3.63) is 23.5 Å². The highest BCUT2D eigenvalue weighted by Crippen LogP contribution is 2.20. The van der Waals surface area contributed by atoms with Crippen molar-refractivity contribution >= 4 is 22.3 Å². The molecule has 1 aliphatic rings. The maximum absolute atomic E-state index is 11.5. The lowest BCUT2D eigenvalue weighted by Crippen LogP contribution is -2.36. The lowest BCUT2D eigenvalue weighted by atomic mass is 9.97. The molecule has 0 aliphatic carbocycles. The van der Waals surface area contributed by atoms with Crippen molar-refractivity contribution in [1.29, 1.82) is 0 Å². The molecular weight excluding hydrogens is 262 g/mol. The van der Waals surface area contributed by atoms with Gasteiger partial charge in [0.1, 0.15) is 0 Å². The fourth-order valence-electron chi connectivity index (χ4n) is 2.57. The van der Waals surface area contributed by atoms with Gasteiger partial charge in [0, 0.05) is 24.3 Å². The summed E-state index contributed by atoms with van der Waals surface area (Å²) in [6.07, 6.45) is 5.88. The highest BCUT2D eigenvalue weighted by Gasteiger charge is 2.25. The van der Waals surface area contributed by atoms with Crippen LogP contribution in [-0.2, 0) is 16.1 Å². The zero-order chi connectivity index (χ0) is 13.2. The minimum atomic E-state index is -0.0674. The van der Waals surface area contributed by atoms with Gasteiger partial charge in [-0.1, -0.05) is 0 Å². The molecule has 0 spiro atoms. The zero-order valence-electron chi connectivity index (χ0n) is 10.9. The predicted molar refractivity (Wildman–Crippen MR) is 73.1 cm³/mol. The first-order valence-corrected chi connectivity index (χ1v) is 7.35. The molecule has 0 amide bonds. The molecule has 3 heterocycles. The first kappa shape index (κ1) is 12.6. The molecule has 102 valence electrons. The number of methoxy groups -OCH3 is 1. The lowest BCUT2D eigenvalue weighted by Gasteiger charge is -2.29. The Hall–Kier alpha value is -1.40. The van der Waals surface area contributed by atoms with Crippen LogP contribution in [0.4, 0.5) is 0 Å². The van der Waals surface area contributed by atoms with Gasteiger partial charge in [0.25, 0.3) is 0 Å². The van der Waals surface area contributed by atoms with E-state index in [1.54, 1.807) is 11.3 Å². The van der Waals surface area contributed by atoms with Crippen molar-refractivity contribution in [2.24, 2.45) is 5.92 Å². The molecule has 1 saturated heterocycles. The molecule has 5 nitrogen and oxygen atoms in total. The van der Waals surface area contributed by atoms with Crippen molar-refractivity contribution in [2.45, 2.75) is 19.4 Å². The molecule has 1 aliphatic heterocycles. The van der Waals surface area contributed by atoms with E-state index in [9.17, 15) is 4.79 Å². The Labute approximate surface area is 115 Å². The molecule has 2 aromatic rings. The SMILES string of the molecule is COC(=O)C1CCN(Cc2cn3ccsc3n2)CC1. The van der Waals surface area contributed by atoms with Gasteiger partial charge in [0.15, 0.2) is 4.96 Å². The number of fused-ring (bicyclic) bond motifs is 1. The van der Waals surface area contributed by atoms with E-state index in [2.05, 4.69) is 20.5 Å². The Kier molecular flexibility index (Phi) is 3.52. The van der Waals surface area contributed by atoms with Gasteiger partial charge in [-0.2, -0.15) is 0 Å². The smallest absolute Gasteiger partial charge is 0.308 e. The van der Waals surface area contributed by atoms with Crippen molar-refractivity contribution in [2.75, 3.05) is 20.2 Å². The predicted octanol–water partition coefficient (Wildman–Crippen LogP) is 1.78. The minimum absolute atomic E-state index is 0.0674. The van der Waals surface area contributed by atoms with E-state index in [1.807, 2.05) is 11.6 Å². The van der Waals surface area contributed by atoms with Crippen LogP contribution in [0.2, 0.25) is 0 Å². The highest BCUT2D eigenvalue weighted by molar-refractivity contribution is 7.15. The number of aromatic nitrogens is 2. The van der Waals surface area contributed by atoms with Crippen LogP contribution >= 0.6 is 11.3 Å². The molecule has 6 heteroatoms. The van der Waals surface area contributed by atoms with E-state index in [0.29, 0.717) is 0 Å². The maximum atomic E-state index is 11.5. The summed E-state index contributed by atoms with van der Waals surface area (Å²) in [6.45, 7) is 2.73. The number of imidazole rings is 1. The lowest BCUT2D eigenvalue weighted by molar-refractivity contribution is -0.147. The summed E-state index contributed by atoms with van der Waals surface area (Å²) in [4.78, 5) is 19.4. The molecule has 0 atom stereocenters.